The van der Waals surface area contributed by atoms with Crippen molar-refractivity contribution in [1.82, 2.24) is 9.55 Å². The quantitative estimate of drug-likeness (QED) is 0.553. The molecule has 5 nitrogen and oxygen atoms in total. The first kappa shape index (κ1) is 18.3. The van der Waals surface area contributed by atoms with Crippen LogP contribution in [0.5, 0.6) is 0 Å². The Bertz CT molecular complexity index is 1290. The second-order valence-electron chi connectivity index (χ2n) is 6.46. The molecular formula is C22H13F2N3O2. The van der Waals surface area contributed by atoms with Crippen molar-refractivity contribution in [3.63, 3.8) is 0 Å². The van der Waals surface area contributed by atoms with E-state index in [1.807, 2.05) is 0 Å². The molecule has 0 saturated carbocycles. The molecule has 0 bridgehead atoms. The number of rotatable bonds is 4. The van der Waals surface area contributed by atoms with E-state index in [4.69, 9.17) is 10.4 Å². The summed E-state index contributed by atoms with van der Waals surface area (Å²) in [6.07, 6.45) is 0. The first-order valence-electron chi connectivity index (χ1n) is 8.64. The van der Waals surface area contributed by atoms with Gasteiger partial charge in [-0.15, -0.1) is 0 Å². The topological polar surface area (TPSA) is 78.9 Å². The number of aromatic carboxylic acids is 1. The lowest BCUT2D eigenvalue weighted by Crippen LogP contribution is -2.05. The van der Waals surface area contributed by atoms with E-state index in [9.17, 15) is 13.6 Å². The van der Waals surface area contributed by atoms with Gasteiger partial charge in [-0.3, -0.25) is 0 Å². The summed E-state index contributed by atoms with van der Waals surface area (Å²) in [5.74, 6) is -1.90. The number of hydrogen-bond acceptors (Lipinski definition) is 3. The number of nitriles is 1. The Balaban J connectivity index is 1.89. The lowest BCUT2D eigenvalue weighted by Gasteiger charge is -2.11. The summed E-state index contributed by atoms with van der Waals surface area (Å²) in [7, 11) is 0. The molecule has 29 heavy (non-hydrogen) atoms. The van der Waals surface area contributed by atoms with Crippen molar-refractivity contribution >= 4 is 17.0 Å². The third kappa shape index (κ3) is 3.44. The third-order valence-electron chi connectivity index (χ3n) is 4.61. The number of imidazole rings is 1. The van der Waals surface area contributed by atoms with E-state index < -0.39 is 17.6 Å². The van der Waals surface area contributed by atoms with Crippen molar-refractivity contribution in [2.75, 3.05) is 0 Å². The van der Waals surface area contributed by atoms with Gasteiger partial charge in [0, 0.05) is 17.2 Å². The van der Waals surface area contributed by atoms with Crippen molar-refractivity contribution < 1.29 is 18.7 Å². The highest BCUT2D eigenvalue weighted by atomic mass is 19.1. The van der Waals surface area contributed by atoms with Crippen LogP contribution in [0.4, 0.5) is 8.78 Å². The van der Waals surface area contributed by atoms with Crippen molar-refractivity contribution in [2.45, 2.75) is 6.54 Å². The smallest absolute Gasteiger partial charge is 0.335 e. The maximum atomic E-state index is 14.3. The number of fused-ring (bicyclic) bond motifs is 1. The number of hydrogen-bond donors (Lipinski definition) is 1. The van der Waals surface area contributed by atoms with Gasteiger partial charge in [-0.05, 0) is 36.4 Å². The normalized spacial score (nSPS) is 10.8. The van der Waals surface area contributed by atoms with Crippen molar-refractivity contribution in [1.29, 1.82) is 5.26 Å². The fraction of sp³-hybridized carbons (Fsp3) is 0.0455. The molecule has 0 aliphatic carbocycles. The van der Waals surface area contributed by atoms with Gasteiger partial charge in [0.15, 0.2) is 0 Å². The Kier molecular flexibility index (Phi) is 4.53. The van der Waals surface area contributed by atoms with E-state index in [2.05, 4.69) is 11.1 Å². The molecule has 0 fully saturated rings. The van der Waals surface area contributed by atoms with Crippen LogP contribution in [0.25, 0.3) is 22.4 Å². The molecule has 1 N–H and O–H groups in total. The Morgan fingerprint density at radius 1 is 1.07 bits per heavy atom. The van der Waals surface area contributed by atoms with E-state index >= 15 is 0 Å². The average Bonchev–Trinajstić information content (AvgIpc) is 3.07. The lowest BCUT2D eigenvalue weighted by atomic mass is 10.1. The monoisotopic (exact) mass is 389 g/mol. The zero-order valence-corrected chi connectivity index (χ0v) is 14.9. The van der Waals surface area contributed by atoms with Crippen molar-refractivity contribution in [2.24, 2.45) is 0 Å². The molecule has 7 heteroatoms. The van der Waals surface area contributed by atoms with Gasteiger partial charge in [-0.25, -0.2) is 18.6 Å². The van der Waals surface area contributed by atoms with Crippen LogP contribution in [0.2, 0.25) is 0 Å². The molecule has 0 amide bonds. The van der Waals surface area contributed by atoms with Gasteiger partial charge in [0.2, 0.25) is 0 Å². The van der Waals surface area contributed by atoms with Gasteiger partial charge in [-0.1, -0.05) is 18.2 Å². The zero-order chi connectivity index (χ0) is 20.5. The third-order valence-corrected chi connectivity index (χ3v) is 4.61. The van der Waals surface area contributed by atoms with Gasteiger partial charge in [0.25, 0.3) is 0 Å². The fourth-order valence-electron chi connectivity index (χ4n) is 3.16. The molecule has 0 saturated heterocycles. The van der Waals surface area contributed by atoms with Crippen LogP contribution < -0.4 is 0 Å². The standard InChI is InChI=1S/C22H13F2N3O2/c23-17-7-6-16(18(24)10-17)12-27-20-8-1-13(11-25)9-19(20)26-21(27)14-2-4-15(5-3-14)22(28)29/h1-10H,12H2,(H,28,29). The molecule has 0 aliphatic heterocycles. The highest BCUT2D eigenvalue weighted by Crippen LogP contribution is 2.27. The summed E-state index contributed by atoms with van der Waals surface area (Å²) in [5.41, 5.74) is 2.69. The van der Waals surface area contributed by atoms with Gasteiger partial charge in [0.1, 0.15) is 17.5 Å². The van der Waals surface area contributed by atoms with E-state index in [0.717, 1.165) is 6.07 Å². The molecule has 1 heterocycles. The molecule has 142 valence electrons. The summed E-state index contributed by atoms with van der Waals surface area (Å²) in [6, 6.07) is 16.6. The van der Waals surface area contributed by atoms with Crippen LogP contribution in [-0.4, -0.2) is 20.6 Å². The molecule has 0 radical (unpaired) electrons. The maximum Gasteiger partial charge on any atom is 0.335 e. The van der Waals surface area contributed by atoms with Crippen LogP contribution in [0.3, 0.4) is 0 Å². The van der Waals surface area contributed by atoms with Crippen molar-refractivity contribution in [3.05, 3.63) is 89.0 Å². The number of carboxylic acids is 1. The molecule has 3 aromatic carbocycles. The van der Waals surface area contributed by atoms with Crippen LogP contribution >= 0.6 is 0 Å². The largest absolute Gasteiger partial charge is 0.478 e. The second-order valence-corrected chi connectivity index (χ2v) is 6.46. The minimum atomic E-state index is -1.04. The molecule has 0 atom stereocenters. The molecule has 4 aromatic rings. The Labute approximate surface area is 164 Å². The predicted molar refractivity (Wildman–Crippen MR) is 102 cm³/mol. The van der Waals surface area contributed by atoms with E-state index in [1.165, 1.54) is 24.3 Å². The summed E-state index contributed by atoms with van der Waals surface area (Å²) in [5, 5.41) is 18.2. The predicted octanol–water partition coefficient (Wildman–Crippen LogP) is 4.60. The molecule has 4 rings (SSSR count). The Morgan fingerprint density at radius 2 is 1.83 bits per heavy atom. The number of benzene rings is 3. The van der Waals surface area contributed by atoms with Gasteiger partial charge in [-0.2, -0.15) is 5.26 Å². The average molecular weight is 389 g/mol. The van der Waals surface area contributed by atoms with Crippen LogP contribution in [0.1, 0.15) is 21.5 Å². The SMILES string of the molecule is N#Cc1ccc2c(c1)nc(-c1ccc(C(=O)O)cc1)n2Cc1ccc(F)cc1F. The van der Waals surface area contributed by atoms with Gasteiger partial charge < -0.3 is 9.67 Å². The number of carbonyl (C=O) groups is 1. The summed E-state index contributed by atoms with van der Waals surface area (Å²) >= 11 is 0. The summed E-state index contributed by atoms with van der Waals surface area (Å²) in [4.78, 5) is 15.7. The minimum Gasteiger partial charge on any atom is -0.478 e. The minimum absolute atomic E-state index is 0.0878. The van der Waals surface area contributed by atoms with Gasteiger partial charge >= 0.3 is 5.97 Å². The first-order valence-corrected chi connectivity index (χ1v) is 8.64. The summed E-state index contributed by atoms with van der Waals surface area (Å²) in [6.45, 7) is 0.0878. The number of carboxylic acid groups (broad SMARTS) is 1. The first-order chi connectivity index (χ1) is 14.0. The van der Waals surface area contributed by atoms with Crippen molar-refractivity contribution in [3.8, 4) is 17.5 Å². The summed E-state index contributed by atoms with van der Waals surface area (Å²) < 4.78 is 29.3. The van der Waals surface area contributed by atoms with Crippen LogP contribution in [-0.2, 0) is 6.54 Å². The molecule has 0 unspecified atom stereocenters. The van der Waals surface area contributed by atoms with E-state index in [0.29, 0.717) is 28.0 Å². The second kappa shape index (κ2) is 7.17. The highest BCUT2D eigenvalue weighted by molar-refractivity contribution is 5.88. The van der Waals surface area contributed by atoms with Crippen LogP contribution in [0.15, 0.2) is 60.7 Å². The molecular weight excluding hydrogens is 376 g/mol. The van der Waals surface area contributed by atoms with Crippen LogP contribution in [0, 0.1) is 23.0 Å². The number of nitrogens with zero attached hydrogens (tertiary/aromatic N) is 3. The number of halogens is 2. The van der Waals surface area contributed by atoms with E-state index in [1.54, 1.807) is 34.9 Å². The van der Waals surface area contributed by atoms with E-state index in [-0.39, 0.29) is 17.7 Å². The Morgan fingerprint density at radius 3 is 2.48 bits per heavy atom. The zero-order valence-electron chi connectivity index (χ0n) is 14.9. The lowest BCUT2D eigenvalue weighted by molar-refractivity contribution is 0.0697. The molecule has 1 aromatic heterocycles. The van der Waals surface area contributed by atoms with Gasteiger partial charge in [0.05, 0.1) is 34.8 Å². The molecule has 0 spiro atoms. The maximum absolute atomic E-state index is 14.3. The number of aromatic nitrogens is 2. The Hall–Kier alpha value is -4.05. The highest BCUT2D eigenvalue weighted by Gasteiger charge is 2.16. The molecule has 0 aliphatic rings. The fourth-order valence-corrected chi connectivity index (χ4v) is 3.16.